The van der Waals surface area contributed by atoms with Crippen LogP contribution in [0.3, 0.4) is 0 Å². The summed E-state index contributed by atoms with van der Waals surface area (Å²) in [6.07, 6.45) is 3.58. The summed E-state index contributed by atoms with van der Waals surface area (Å²) in [4.78, 5) is 6.93. The van der Waals surface area contributed by atoms with E-state index >= 15 is 0 Å². The van der Waals surface area contributed by atoms with E-state index in [-0.39, 0.29) is 0 Å². The highest BCUT2D eigenvalue weighted by Gasteiger charge is 2.25. The van der Waals surface area contributed by atoms with Crippen LogP contribution < -0.4 is 15.5 Å². The molecule has 1 aromatic carbocycles. The first kappa shape index (κ1) is 14.0. The molecule has 0 amide bonds. The van der Waals surface area contributed by atoms with Crippen LogP contribution in [0.2, 0.25) is 0 Å². The minimum Gasteiger partial charge on any atom is -0.423 e. The number of nitrogens with one attached hydrogen (secondary N) is 2. The van der Waals surface area contributed by atoms with Crippen LogP contribution in [0, 0.1) is 6.92 Å². The van der Waals surface area contributed by atoms with E-state index in [2.05, 4.69) is 39.6 Å². The van der Waals surface area contributed by atoms with Gasteiger partial charge in [-0.25, -0.2) is 0 Å². The quantitative estimate of drug-likeness (QED) is 0.909. The topological polar surface area (TPSA) is 53.3 Å². The summed E-state index contributed by atoms with van der Waals surface area (Å²) >= 11 is 0. The molecule has 3 heterocycles. The van der Waals surface area contributed by atoms with E-state index in [4.69, 9.17) is 4.42 Å². The molecule has 1 aromatic heterocycles. The van der Waals surface area contributed by atoms with Crippen molar-refractivity contribution in [2.24, 2.45) is 0 Å². The minimum absolute atomic E-state index is 0.632. The fourth-order valence-electron chi connectivity index (χ4n) is 3.53. The predicted molar refractivity (Wildman–Crippen MR) is 88.4 cm³/mol. The average molecular weight is 300 g/mol. The molecule has 118 valence electrons. The molecule has 5 heteroatoms. The Bertz CT molecular complexity index is 639. The van der Waals surface area contributed by atoms with E-state index in [1.54, 1.807) is 0 Å². The van der Waals surface area contributed by atoms with Gasteiger partial charge >= 0.3 is 0 Å². The third kappa shape index (κ3) is 2.83. The number of anilines is 1. The molecule has 2 N–H and O–H groups in total. The molecule has 1 atom stereocenters. The molecule has 0 radical (unpaired) electrons. The van der Waals surface area contributed by atoms with Crippen molar-refractivity contribution in [1.29, 1.82) is 0 Å². The van der Waals surface area contributed by atoms with Gasteiger partial charge in [0.25, 0.3) is 6.01 Å². The zero-order valence-corrected chi connectivity index (χ0v) is 13.1. The van der Waals surface area contributed by atoms with Gasteiger partial charge in [0.1, 0.15) is 5.52 Å². The van der Waals surface area contributed by atoms with Gasteiger partial charge in [0.2, 0.25) is 0 Å². The standard InChI is InChI=1S/C17H24N4O/c1-12-2-3-16-15(10-12)20-17(22-16)21-8-5-13(6-9-21)19-14-4-7-18-11-14/h2-3,10,13-14,18-19H,4-9,11H2,1H3/t14-/m1/s1. The van der Waals surface area contributed by atoms with Crippen LogP contribution in [0.1, 0.15) is 24.8 Å². The Morgan fingerprint density at radius 1 is 1.23 bits per heavy atom. The molecule has 4 rings (SSSR count). The number of hydrogen-bond acceptors (Lipinski definition) is 5. The lowest BCUT2D eigenvalue weighted by molar-refractivity contribution is 0.367. The molecule has 2 aliphatic rings. The Balaban J connectivity index is 1.39. The summed E-state index contributed by atoms with van der Waals surface area (Å²) in [5.74, 6) is 0. The highest BCUT2D eigenvalue weighted by atomic mass is 16.4. The Morgan fingerprint density at radius 3 is 2.86 bits per heavy atom. The van der Waals surface area contributed by atoms with Crippen LogP contribution in [0.25, 0.3) is 11.1 Å². The van der Waals surface area contributed by atoms with Crippen molar-refractivity contribution >= 4 is 17.1 Å². The lowest BCUT2D eigenvalue weighted by atomic mass is 10.0. The van der Waals surface area contributed by atoms with Gasteiger partial charge in [0.15, 0.2) is 5.58 Å². The van der Waals surface area contributed by atoms with Gasteiger partial charge in [-0.05, 0) is 50.4 Å². The van der Waals surface area contributed by atoms with Crippen molar-refractivity contribution in [1.82, 2.24) is 15.6 Å². The van der Waals surface area contributed by atoms with Crippen LogP contribution >= 0.6 is 0 Å². The third-order valence-corrected chi connectivity index (χ3v) is 4.83. The molecule has 2 fully saturated rings. The van der Waals surface area contributed by atoms with Crippen molar-refractivity contribution in [2.75, 3.05) is 31.1 Å². The summed E-state index contributed by atoms with van der Waals surface area (Å²) in [6, 6.07) is 8.24. The second kappa shape index (κ2) is 5.89. The first-order valence-electron chi connectivity index (χ1n) is 8.37. The maximum Gasteiger partial charge on any atom is 0.298 e. The molecule has 0 unspecified atom stereocenters. The molecule has 2 saturated heterocycles. The number of rotatable bonds is 3. The number of aryl methyl sites for hydroxylation is 1. The van der Waals surface area contributed by atoms with Crippen LogP contribution in [0.4, 0.5) is 6.01 Å². The highest BCUT2D eigenvalue weighted by molar-refractivity contribution is 5.75. The molecule has 22 heavy (non-hydrogen) atoms. The van der Waals surface area contributed by atoms with Gasteiger partial charge in [0, 0.05) is 31.7 Å². The van der Waals surface area contributed by atoms with Crippen molar-refractivity contribution in [3.8, 4) is 0 Å². The summed E-state index contributed by atoms with van der Waals surface area (Å²) < 4.78 is 5.92. The van der Waals surface area contributed by atoms with Crippen LogP contribution in [-0.2, 0) is 0 Å². The smallest absolute Gasteiger partial charge is 0.298 e. The molecule has 5 nitrogen and oxygen atoms in total. The van der Waals surface area contributed by atoms with Gasteiger partial charge in [-0.1, -0.05) is 6.07 Å². The van der Waals surface area contributed by atoms with E-state index in [1.807, 2.05) is 6.07 Å². The molecule has 2 aliphatic heterocycles. The van der Waals surface area contributed by atoms with E-state index in [0.717, 1.165) is 56.1 Å². The molecule has 0 bridgehead atoms. The summed E-state index contributed by atoms with van der Waals surface area (Å²) in [6.45, 7) is 6.39. The molecule has 2 aromatic rings. The lowest BCUT2D eigenvalue weighted by Gasteiger charge is -2.32. The van der Waals surface area contributed by atoms with Gasteiger partial charge in [0.05, 0.1) is 0 Å². The van der Waals surface area contributed by atoms with Crippen LogP contribution in [0.5, 0.6) is 0 Å². The van der Waals surface area contributed by atoms with Crippen molar-refractivity contribution in [3.63, 3.8) is 0 Å². The number of oxazole rings is 1. The number of fused-ring (bicyclic) bond motifs is 1. The first-order valence-corrected chi connectivity index (χ1v) is 8.37. The Morgan fingerprint density at radius 2 is 2.09 bits per heavy atom. The van der Waals surface area contributed by atoms with E-state index in [9.17, 15) is 0 Å². The number of piperidine rings is 1. The Hall–Kier alpha value is -1.59. The first-order chi connectivity index (χ1) is 10.8. The minimum atomic E-state index is 0.632. The average Bonchev–Trinajstić information content (AvgIpc) is 3.17. The van der Waals surface area contributed by atoms with E-state index in [0.29, 0.717) is 12.1 Å². The Labute approximate surface area is 131 Å². The predicted octanol–water partition coefficient (Wildman–Crippen LogP) is 2.06. The molecule has 0 spiro atoms. The maximum atomic E-state index is 5.92. The SMILES string of the molecule is Cc1ccc2oc(N3CCC(N[C@@H]4CCNC4)CC3)nc2c1. The second-order valence-corrected chi connectivity index (χ2v) is 6.59. The Kier molecular flexibility index (Phi) is 3.76. The maximum absolute atomic E-state index is 5.92. The molecular weight excluding hydrogens is 276 g/mol. The van der Waals surface area contributed by atoms with Crippen molar-refractivity contribution in [3.05, 3.63) is 23.8 Å². The zero-order valence-electron chi connectivity index (χ0n) is 13.1. The third-order valence-electron chi connectivity index (χ3n) is 4.83. The lowest BCUT2D eigenvalue weighted by Crippen LogP contribution is -2.47. The molecular formula is C17H24N4O. The molecule has 0 aliphatic carbocycles. The van der Waals surface area contributed by atoms with Crippen molar-refractivity contribution in [2.45, 2.75) is 38.3 Å². The van der Waals surface area contributed by atoms with Gasteiger partial charge < -0.3 is 20.0 Å². The summed E-state index contributed by atoms with van der Waals surface area (Å²) in [5, 5.41) is 7.20. The monoisotopic (exact) mass is 300 g/mol. The van der Waals surface area contributed by atoms with E-state index in [1.165, 1.54) is 12.0 Å². The largest absolute Gasteiger partial charge is 0.423 e. The number of aromatic nitrogens is 1. The van der Waals surface area contributed by atoms with Crippen LogP contribution in [0.15, 0.2) is 22.6 Å². The molecule has 0 saturated carbocycles. The van der Waals surface area contributed by atoms with Gasteiger partial charge in [-0.2, -0.15) is 4.98 Å². The fraction of sp³-hybridized carbons (Fsp3) is 0.588. The van der Waals surface area contributed by atoms with E-state index < -0.39 is 0 Å². The summed E-state index contributed by atoms with van der Waals surface area (Å²) in [7, 11) is 0. The fourth-order valence-corrected chi connectivity index (χ4v) is 3.53. The van der Waals surface area contributed by atoms with Crippen LogP contribution in [-0.4, -0.2) is 43.2 Å². The van der Waals surface area contributed by atoms with Crippen molar-refractivity contribution < 1.29 is 4.42 Å². The number of nitrogens with zero attached hydrogens (tertiary/aromatic N) is 2. The van der Waals surface area contributed by atoms with Gasteiger partial charge in [-0.3, -0.25) is 0 Å². The summed E-state index contributed by atoms with van der Waals surface area (Å²) in [5.41, 5.74) is 3.07. The number of benzene rings is 1. The number of hydrogen-bond donors (Lipinski definition) is 2. The second-order valence-electron chi connectivity index (χ2n) is 6.59. The van der Waals surface area contributed by atoms with Gasteiger partial charge in [-0.15, -0.1) is 0 Å². The zero-order chi connectivity index (χ0) is 14.9. The highest BCUT2D eigenvalue weighted by Crippen LogP contribution is 2.25. The normalized spacial score (nSPS) is 23.5.